The molecule has 2 N–H and O–H groups in total. The zero-order valence-electron chi connectivity index (χ0n) is 23.3. The first kappa shape index (κ1) is 34.5. The minimum absolute atomic E-state index is 0. The molecule has 6 aromatic rings. The molecule has 0 unspecified atom stereocenters. The van der Waals surface area contributed by atoms with Gasteiger partial charge in [0.15, 0.2) is 0 Å². The summed E-state index contributed by atoms with van der Waals surface area (Å²) >= 11 is 11.8. The van der Waals surface area contributed by atoms with E-state index in [1.54, 1.807) is 19.3 Å². The molecule has 44 heavy (non-hydrogen) atoms. The summed E-state index contributed by atoms with van der Waals surface area (Å²) in [6.45, 7) is 1.98. The average Bonchev–Trinajstić information content (AvgIpc) is 3.63. The van der Waals surface area contributed by atoms with E-state index in [1.807, 2.05) is 48.5 Å². The molecule has 6 rings (SSSR count). The number of carboxylic acid groups (broad SMARTS) is 1. The first-order valence-electron chi connectivity index (χ1n) is 12.4. The van der Waals surface area contributed by atoms with E-state index in [-0.39, 0.29) is 59.2 Å². The zero-order valence-corrected chi connectivity index (χ0v) is 26.8. The third-order valence-electron chi connectivity index (χ3n) is 5.72. The van der Waals surface area contributed by atoms with Crippen molar-refractivity contribution in [2.75, 3.05) is 6.61 Å². The van der Waals surface area contributed by atoms with Gasteiger partial charge in [-0.2, -0.15) is 9.97 Å². The molecule has 0 spiro atoms. The number of ether oxygens (including phenoxy) is 1. The van der Waals surface area contributed by atoms with Crippen LogP contribution in [0.5, 0.6) is 0 Å². The van der Waals surface area contributed by atoms with Crippen LogP contribution in [0.2, 0.25) is 10.0 Å². The van der Waals surface area contributed by atoms with Gasteiger partial charge in [0.1, 0.15) is 0 Å². The van der Waals surface area contributed by atoms with Crippen LogP contribution in [0.25, 0.3) is 21.8 Å². The Kier molecular flexibility index (Phi) is 12.3. The topological polar surface area (TPSA) is 197 Å². The smallest absolute Gasteiger partial charge is 0.870 e. The molecule has 0 fully saturated rings. The van der Waals surface area contributed by atoms with Crippen molar-refractivity contribution in [2.24, 2.45) is 0 Å². The van der Waals surface area contributed by atoms with Crippen LogP contribution >= 0.6 is 23.2 Å². The summed E-state index contributed by atoms with van der Waals surface area (Å²) in [7, 11) is 0. The van der Waals surface area contributed by atoms with Crippen molar-refractivity contribution in [2.45, 2.75) is 19.8 Å². The van der Waals surface area contributed by atoms with E-state index in [4.69, 9.17) is 42.1 Å². The van der Waals surface area contributed by atoms with E-state index < -0.39 is 11.9 Å². The molecule has 0 aliphatic rings. The van der Waals surface area contributed by atoms with Crippen molar-refractivity contribution in [1.82, 2.24) is 30.2 Å². The zero-order chi connectivity index (χ0) is 29.6. The number of rotatable bonds is 7. The van der Waals surface area contributed by atoms with Crippen LogP contribution in [0.1, 0.15) is 51.1 Å². The van der Waals surface area contributed by atoms with Gasteiger partial charge in [0.05, 0.1) is 40.5 Å². The molecule has 16 heteroatoms. The number of aromatic nitrogens is 6. The van der Waals surface area contributed by atoms with Crippen LogP contribution < -0.4 is 29.6 Å². The van der Waals surface area contributed by atoms with Gasteiger partial charge in [-0.25, -0.2) is 9.59 Å². The van der Waals surface area contributed by atoms with Gasteiger partial charge in [-0.05, 0) is 64.8 Å². The van der Waals surface area contributed by atoms with Crippen LogP contribution in [0.4, 0.5) is 0 Å². The number of carbonyl (C=O) groups is 2. The summed E-state index contributed by atoms with van der Waals surface area (Å²) in [5.74, 6) is -1.62. The van der Waals surface area contributed by atoms with E-state index in [2.05, 4.69) is 30.2 Å². The molecule has 0 radical (unpaired) electrons. The maximum atomic E-state index is 11.5. The van der Waals surface area contributed by atoms with E-state index in [0.717, 1.165) is 32.9 Å². The van der Waals surface area contributed by atoms with Crippen molar-refractivity contribution in [3.63, 3.8) is 0 Å². The van der Waals surface area contributed by atoms with Crippen LogP contribution in [-0.2, 0) is 17.6 Å². The van der Waals surface area contributed by atoms with E-state index in [9.17, 15) is 9.59 Å². The van der Waals surface area contributed by atoms with E-state index >= 15 is 0 Å². The molecule has 0 atom stereocenters. The first-order valence-corrected chi connectivity index (χ1v) is 13.2. The largest absolute Gasteiger partial charge is 1.00 e. The third kappa shape index (κ3) is 8.78. The molecule has 4 heterocycles. The van der Waals surface area contributed by atoms with Crippen molar-refractivity contribution in [3.05, 3.63) is 106 Å². The molecular formula is C28H21Cl2N6NaO7. The predicted octanol–water partition coefficient (Wildman–Crippen LogP) is 2.43. The minimum Gasteiger partial charge on any atom is -0.870 e. The molecule has 13 nitrogen and oxygen atoms in total. The molecule has 4 aromatic heterocycles. The normalized spacial score (nSPS) is 10.3. The Labute approximate surface area is 281 Å². The second kappa shape index (κ2) is 15.7. The van der Waals surface area contributed by atoms with Crippen LogP contribution in [0.15, 0.2) is 70.0 Å². The second-order valence-electron chi connectivity index (χ2n) is 8.76. The van der Waals surface area contributed by atoms with Crippen LogP contribution in [0, 0.1) is 0 Å². The maximum absolute atomic E-state index is 11.5. The molecule has 220 valence electrons. The number of nitrogens with zero attached hydrogens (tertiary/aromatic N) is 6. The number of halogens is 2. The Hall–Kier alpha value is -3.98. The molecular weight excluding hydrogens is 626 g/mol. The van der Waals surface area contributed by atoms with Gasteiger partial charge in [0, 0.05) is 23.2 Å². The molecule has 0 saturated carbocycles. The van der Waals surface area contributed by atoms with Gasteiger partial charge < -0.3 is 24.4 Å². The summed E-state index contributed by atoms with van der Waals surface area (Å²) < 4.78 is 14.8. The van der Waals surface area contributed by atoms with Crippen LogP contribution in [0.3, 0.4) is 0 Å². The average molecular weight is 647 g/mol. The Balaban J connectivity index is 0.000000231. The fourth-order valence-corrected chi connectivity index (χ4v) is 4.23. The summed E-state index contributed by atoms with van der Waals surface area (Å²) in [4.78, 5) is 38.4. The maximum Gasteiger partial charge on any atom is 1.00 e. The number of benzene rings is 2. The fraction of sp³-hybridized carbons (Fsp3) is 0.143. The minimum atomic E-state index is -1.21. The standard InChI is InChI=1S/C15H12ClN3O3.C13H8ClN3O3.Na.H2O/c1-2-21-15(20)14-18-13(22-19-14)6-9-3-4-12-10(5-9)7-11(16)8-17-12;14-9-5-8-3-7(1-2-10(8)15-6-9)4-11-16-12(13(18)19)17-20-11;;/h3-5,7-8H,2,6H2,1H3;1-3,5-6H,4H2,(H,18,19);;1H2/q;;+1;/p-1. The van der Waals surface area contributed by atoms with E-state index in [0.29, 0.717) is 28.8 Å². The van der Waals surface area contributed by atoms with Crippen molar-refractivity contribution in [1.29, 1.82) is 0 Å². The Morgan fingerprint density at radius 1 is 0.795 bits per heavy atom. The van der Waals surface area contributed by atoms with Gasteiger partial charge >= 0.3 is 41.5 Å². The number of esters is 1. The van der Waals surface area contributed by atoms with Gasteiger partial charge in [0.2, 0.25) is 11.8 Å². The fourth-order valence-electron chi connectivity index (χ4n) is 3.90. The van der Waals surface area contributed by atoms with Crippen LogP contribution in [-0.4, -0.2) is 59.4 Å². The van der Waals surface area contributed by atoms with Crippen molar-refractivity contribution < 1.29 is 63.5 Å². The molecule has 2 aromatic carbocycles. The monoisotopic (exact) mass is 646 g/mol. The number of hydrogen-bond donors (Lipinski definition) is 1. The summed E-state index contributed by atoms with van der Waals surface area (Å²) in [6.07, 6.45) is 3.95. The third-order valence-corrected chi connectivity index (χ3v) is 6.13. The van der Waals surface area contributed by atoms with Gasteiger partial charge in [-0.1, -0.05) is 35.3 Å². The Morgan fingerprint density at radius 3 is 1.73 bits per heavy atom. The number of pyridine rings is 2. The Bertz CT molecular complexity index is 1920. The summed E-state index contributed by atoms with van der Waals surface area (Å²) in [5.41, 5.74) is 3.54. The number of carbonyl (C=O) groups excluding carboxylic acids is 1. The molecule has 0 aliphatic carbocycles. The molecule has 0 saturated heterocycles. The first-order chi connectivity index (χ1) is 20.3. The quantitative estimate of drug-likeness (QED) is 0.196. The SMILES string of the molecule is CCOC(=O)c1noc(Cc2ccc3ncc(Cl)cc3c2)n1.O=C(O)c1noc(Cc2ccc3ncc(Cl)cc3c2)n1.[Na+].[OH-]. The van der Waals surface area contributed by atoms with Gasteiger partial charge in [-0.15, -0.1) is 0 Å². The number of carboxylic acids is 1. The molecule has 0 aliphatic heterocycles. The Morgan fingerprint density at radius 2 is 1.27 bits per heavy atom. The van der Waals surface area contributed by atoms with E-state index in [1.165, 1.54) is 0 Å². The summed E-state index contributed by atoms with van der Waals surface area (Å²) in [5, 5.41) is 18.7. The van der Waals surface area contributed by atoms with Gasteiger partial charge in [0.25, 0.3) is 11.6 Å². The predicted molar refractivity (Wildman–Crippen MR) is 153 cm³/mol. The number of fused-ring (bicyclic) bond motifs is 2. The second-order valence-corrected chi connectivity index (χ2v) is 9.64. The van der Waals surface area contributed by atoms with Crippen molar-refractivity contribution in [3.8, 4) is 0 Å². The summed E-state index contributed by atoms with van der Waals surface area (Å²) in [6, 6.07) is 15.0. The molecule has 0 bridgehead atoms. The number of aromatic carboxylic acids is 1. The number of hydrogen-bond acceptors (Lipinski definition) is 12. The molecule has 0 amide bonds. The van der Waals surface area contributed by atoms with Gasteiger partial charge in [-0.3, -0.25) is 9.97 Å². The van der Waals surface area contributed by atoms with Crippen molar-refractivity contribution >= 4 is 56.9 Å².